The smallest absolute Gasteiger partial charge is 0.269 e. The third-order valence-corrected chi connectivity index (χ3v) is 2.35. The van der Waals surface area contributed by atoms with Gasteiger partial charge in [0, 0.05) is 20.7 Å². The first-order chi connectivity index (χ1) is 7.54. The second-order valence-corrected chi connectivity index (χ2v) is 4.17. The van der Waals surface area contributed by atoms with Gasteiger partial charge >= 0.3 is 0 Å². The number of hydrogen-bond donors (Lipinski definition) is 1. The summed E-state index contributed by atoms with van der Waals surface area (Å²) in [6.45, 7) is 2.62. The van der Waals surface area contributed by atoms with E-state index in [1.807, 2.05) is 6.92 Å². The van der Waals surface area contributed by atoms with Crippen LogP contribution in [0.2, 0.25) is 0 Å². The number of methoxy groups -OCH3 is 1. The summed E-state index contributed by atoms with van der Waals surface area (Å²) in [6.07, 6.45) is 0. The Hall–Kier alpha value is -1.07. The molecule has 0 aliphatic heterocycles. The molecule has 5 nitrogen and oxygen atoms in total. The molecular weight excluding hydrogens is 230 g/mol. The summed E-state index contributed by atoms with van der Waals surface area (Å²) in [6, 6.07) is 1.73. The van der Waals surface area contributed by atoms with Crippen LogP contribution in [0.3, 0.4) is 0 Å². The molecule has 1 aromatic heterocycles. The lowest BCUT2D eigenvalue weighted by atomic mass is 10.3. The largest absolute Gasteiger partial charge is 0.383 e. The zero-order valence-corrected chi connectivity index (χ0v) is 10.4. The number of carbonyl (C=O) groups excluding carboxylic acids is 1. The number of hydrogen-bond acceptors (Lipinski definition) is 3. The minimum Gasteiger partial charge on any atom is -0.383 e. The van der Waals surface area contributed by atoms with E-state index in [1.165, 1.54) is 0 Å². The maximum Gasteiger partial charge on any atom is 0.269 e. The highest BCUT2D eigenvalue weighted by Crippen LogP contribution is 2.02. The SMILES string of the molecule is COCC(Cl)CNC(=O)c1cc(C)nn1C. The Kier molecular flexibility index (Phi) is 4.76. The number of rotatable bonds is 5. The molecule has 90 valence electrons. The molecule has 16 heavy (non-hydrogen) atoms. The molecule has 1 atom stereocenters. The van der Waals surface area contributed by atoms with Crippen molar-refractivity contribution in [3.63, 3.8) is 0 Å². The minimum absolute atomic E-state index is 0.176. The quantitative estimate of drug-likeness (QED) is 0.778. The molecule has 0 aliphatic carbocycles. The highest BCUT2D eigenvalue weighted by molar-refractivity contribution is 6.21. The van der Waals surface area contributed by atoms with Gasteiger partial charge in [-0.15, -0.1) is 11.6 Å². The minimum atomic E-state index is -0.219. The Bertz CT molecular complexity index is 365. The van der Waals surface area contributed by atoms with Crippen molar-refractivity contribution in [2.45, 2.75) is 12.3 Å². The zero-order chi connectivity index (χ0) is 12.1. The Balaban J connectivity index is 2.50. The van der Waals surface area contributed by atoms with E-state index in [0.717, 1.165) is 5.69 Å². The van der Waals surface area contributed by atoms with Crippen LogP contribution < -0.4 is 5.32 Å². The van der Waals surface area contributed by atoms with Crippen LogP contribution in [0, 0.1) is 6.92 Å². The molecule has 1 unspecified atom stereocenters. The predicted molar refractivity (Wildman–Crippen MR) is 61.8 cm³/mol. The predicted octanol–water partition coefficient (Wildman–Crippen LogP) is 0.712. The van der Waals surface area contributed by atoms with Crippen LogP contribution in [0.25, 0.3) is 0 Å². The summed E-state index contributed by atoms with van der Waals surface area (Å²) in [7, 11) is 3.30. The summed E-state index contributed by atoms with van der Waals surface area (Å²) in [5.74, 6) is -0.176. The Morgan fingerprint density at radius 1 is 1.75 bits per heavy atom. The third-order valence-electron chi connectivity index (χ3n) is 2.07. The summed E-state index contributed by atoms with van der Waals surface area (Å²) < 4.78 is 6.41. The fourth-order valence-corrected chi connectivity index (χ4v) is 1.56. The summed E-state index contributed by atoms with van der Waals surface area (Å²) in [4.78, 5) is 11.7. The van der Waals surface area contributed by atoms with Crippen molar-refractivity contribution < 1.29 is 9.53 Å². The van der Waals surface area contributed by atoms with E-state index in [2.05, 4.69) is 10.4 Å². The number of nitrogens with one attached hydrogen (secondary N) is 1. The fourth-order valence-electron chi connectivity index (χ4n) is 1.36. The first kappa shape index (κ1) is 13.0. The number of nitrogens with zero attached hydrogens (tertiary/aromatic N) is 2. The van der Waals surface area contributed by atoms with Crippen LogP contribution in [0.5, 0.6) is 0 Å². The lowest BCUT2D eigenvalue weighted by Gasteiger charge is -2.09. The fraction of sp³-hybridized carbons (Fsp3) is 0.600. The van der Waals surface area contributed by atoms with Crippen molar-refractivity contribution in [3.05, 3.63) is 17.5 Å². The van der Waals surface area contributed by atoms with Crippen molar-refractivity contribution in [2.24, 2.45) is 7.05 Å². The molecule has 1 heterocycles. The number of alkyl halides is 1. The second-order valence-electron chi connectivity index (χ2n) is 3.56. The molecule has 1 amide bonds. The molecule has 0 bridgehead atoms. The maximum atomic E-state index is 11.7. The van der Waals surface area contributed by atoms with Gasteiger partial charge in [-0.05, 0) is 13.0 Å². The van der Waals surface area contributed by atoms with Crippen LogP contribution in [0.1, 0.15) is 16.2 Å². The Morgan fingerprint density at radius 3 is 2.94 bits per heavy atom. The van der Waals surface area contributed by atoms with E-state index >= 15 is 0 Å². The molecule has 0 radical (unpaired) electrons. The standard InChI is InChI=1S/C10H16ClN3O2/c1-7-4-9(14(2)13-7)10(15)12-5-8(11)6-16-3/h4,8H,5-6H2,1-3H3,(H,12,15). The molecule has 1 aromatic rings. The van der Waals surface area contributed by atoms with Crippen molar-refractivity contribution in [1.82, 2.24) is 15.1 Å². The number of carbonyl (C=O) groups is 1. The molecular formula is C10H16ClN3O2. The van der Waals surface area contributed by atoms with Gasteiger partial charge in [0.1, 0.15) is 5.69 Å². The molecule has 0 saturated heterocycles. The molecule has 1 rings (SSSR count). The molecule has 0 saturated carbocycles. The van der Waals surface area contributed by atoms with Gasteiger partial charge in [-0.1, -0.05) is 0 Å². The van der Waals surface area contributed by atoms with Gasteiger partial charge in [-0.2, -0.15) is 5.10 Å². The molecule has 0 spiro atoms. The molecule has 0 aromatic carbocycles. The van der Waals surface area contributed by atoms with Crippen LogP contribution in [-0.4, -0.2) is 41.3 Å². The van der Waals surface area contributed by atoms with Crippen LogP contribution in [0.15, 0.2) is 6.07 Å². The summed E-state index contributed by atoms with van der Waals surface area (Å²) in [5, 5.41) is 6.60. The molecule has 6 heteroatoms. The van der Waals surface area contributed by atoms with Crippen LogP contribution in [0.4, 0.5) is 0 Å². The van der Waals surface area contributed by atoms with Crippen LogP contribution in [-0.2, 0) is 11.8 Å². The lowest BCUT2D eigenvalue weighted by molar-refractivity contribution is 0.0940. The van der Waals surface area contributed by atoms with Gasteiger partial charge in [0.15, 0.2) is 0 Å². The highest BCUT2D eigenvalue weighted by Gasteiger charge is 2.13. The van der Waals surface area contributed by atoms with Crippen molar-refractivity contribution in [2.75, 3.05) is 20.3 Å². The Morgan fingerprint density at radius 2 is 2.44 bits per heavy atom. The monoisotopic (exact) mass is 245 g/mol. The van der Waals surface area contributed by atoms with Crippen molar-refractivity contribution in [1.29, 1.82) is 0 Å². The normalized spacial score (nSPS) is 12.5. The molecule has 0 aliphatic rings. The van der Waals surface area contributed by atoms with E-state index in [4.69, 9.17) is 16.3 Å². The summed E-state index contributed by atoms with van der Waals surface area (Å²) in [5.41, 5.74) is 1.34. The second kappa shape index (κ2) is 5.86. The van der Waals surface area contributed by atoms with E-state index in [0.29, 0.717) is 18.8 Å². The van der Waals surface area contributed by atoms with Crippen molar-refractivity contribution >= 4 is 17.5 Å². The average molecular weight is 246 g/mol. The first-order valence-corrected chi connectivity index (χ1v) is 5.40. The zero-order valence-electron chi connectivity index (χ0n) is 9.66. The van der Waals surface area contributed by atoms with E-state index < -0.39 is 0 Å². The van der Waals surface area contributed by atoms with Crippen LogP contribution >= 0.6 is 11.6 Å². The Labute approximate surface area is 99.7 Å². The topological polar surface area (TPSA) is 56.1 Å². The maximum absolute atomic E-state index is 11.7. The number of amides is 1. The van der Waals surface area contributed by atoms with Gasteiger partial charge in [-0.3, -0.25) is 9.48 Å². The van der Waals surface area contributed by atoms with Crippen molar-refractivity contribution in [3.8, 4) is 0 Å². The molecule has 0 fully saturated rings. The van der Waals surface area contributed by atoms with Gasteiger partial charge in [0.25, 0.3) is 5.91 Å². The number of aryl methyl sites for hydroxylation is 2. The van der Waals surface area contributed by atoms with E-state index in [-0.39, 0.29) is 11.3 Å². The third kappa shape index (κ3) is 3.50. The number of aromatic nitrogens is 2. The number of halogens is 1. The van der Waals surface area contributed by atoms with Gasteiger partial charge in [0.05, 0.1) is 17.7 Å². The highest BCUT2D eigenvalue weighted by atomic mass is 35.5. The summed E-state index contributed by atoms with van der Waals surface area (Å²) >= 11 is 5.90. The van der Waals surface area contributed by atoms with E-state index in [9.17, 15) is 4.79 Å². The van der Waals surface area contributed by atoms with Gasteiger partial charge in [-0.25, -0.2) is 0 Å². The molecule has 1 N–H and O–H groups in total. The first-order valence-electron chi connectivity index (χ1n) is 4.96. The van der Waals surface area contributed by atoms with Gasteiger partial charge < -0.3 is 10.1 Å². The lowest BCUT2D eigenvalue weighted by Crippen LogP contribution is -2.32. The average Bonchev–Trinajstić information content (AvgIpc) is 2.55. The van der Waals surface area contributed by atoms with Gasteiger partial charge in [0.2, 0.25) is 0 Å². The number of ether oxygens (including phenoxy) is 1. The van der Waals surface area contributed by atoms with E-state index in [1.54, 1.807) is 24.9 Å².